The average molecular weight is 258 g/mol. The molecule has 94 valence electrons. The molecule has 0 heterocycles. The molecular formula is C12H16ClNO3. The van der Waals surface area contributed by atoms with Crippen molar-refractivity contribution >= 4 is 17.5 Å². The third-order valence-corrected chi connectivity index (χ3v) is 2.22. The highest BCUT2D eigenvalue weighted by atomic mass is 35.5. The highest BCUT2D eigenvalue weighted by Gasteiger charge is 2.12. The Morgan fingerprint density at radius 3 is 2.76 bits per heavy atom. The summed E-state index contributed by atoms with van der Waals surface area (Å²) >= 11 is 5.80. The predicted molar refractivity (Wildman–Crippen MR) is 66.3 cm³/mol. The summed E-state index contributed by atoms with van der Waals surface area (Å²) in [4.78, 5) is 16.8. The van der Waals surface area contributed by atoms with Crippen LogP contribution in [-0.4, -0.2) is 19.6 Å². The van der Waals surface area contributed by atoms with Gasteiger partial charge in [-0.05, 0) is 24.1 Å². The topological polar surface area (TPSA) is 47.6 Å². The Hall–Kier alpha value is -1.26. The Bertz CT molecular complexity index is 393. The fourth-order valence-electron chi connectivity index (χ4n) is 1.18. The molecule has 17 heavy (non-hydrogen) atoms. The van der Waals surface area contributed by atoms with Crippen LogP contribution in [-0.2, 0) is 4.84 Å². The van der Waals surface area contributed by atoms with Crippen LogP contribution < -0.4 is 10.2 Å². The first-order valence-electron chi connectivity index (χ1n) is 5.30. The maximum atomic E-state index is 11.8. The molecule has 0 aliphatic carbocycles. The lowest BCUT2D eigenvalue weighted by Crippen LogP contribution is -2.26. The normalized spacial score (nSPS) is 10.4. The third-order valence-electron chi connectivity index (χ3n) is 1.99. The van der Waals surface area contributed by atoms with Gasteiger partial charge in [0.2, 0.25) is 0 Å². The van der Waals surface area contributed by atoms with E-state index in [1.54, 1.807) is 18.2 Å². The van der Waals surface area contributed by atoms with Gasteiger partial charge in [0.1, 0.15) is 5.75 Å². The maximum absolute atomic E-state index is 11.8. The number of ether oxygens (including phenoxy) is 1. The van der Waals surface area contributed by atoms with Gasteiger partial charge in [0.25, 0.3) is 5.91 Å². The first-order valence-corrected chi connectivity index (χ1v) is 5.68. The van der Waals surface area contributed by atoms with Crippen LogP contribution in [0, 0.1) is 5.92 Å². The standard InChI is InChI=1S/C12H16ClNO3/c1-8(2)7-17-14-12(15)10-5-4-9(13)6-11(10)16-3/h4-6,8H,7H2,1-3H3,(H,14,15). The second kappa shape index (κ2) is 6.47. The molecule has 0 bridgehead atoms. The molecule has 0 spiro atoms. The van der Waals surface area contributed by atoms with Gasteiger partial charge in [0, 0.05) is 5.02 Å². The molecule has 0 atom stereocenters. The van der Waals surface area contributed by atoms with E-state index < -0.39 is 0 Å². The number of hydrogen-bond acceptors (Lipinski definition) is 3. The molecule has 0 saturated carbocycles. The number of nitrogens with one attached hydrogen (secondary N) is 1. The number of amides is 1. The monoisotopic (exact) mass is 257 g/mol. The Labute approximate surface area is 106 Å². The average Bonchev–Trinajstić information content (AvgIpc) is 2.28. The van der Waals surface area contributed by atoms with Crippen molar-refractivity contribution in [3.63, 3.8) is 0 Å². The van der Waals surface area contributed by atoms with E-state index >= 15 is 0 Å². The van der Waals surface area contributed by atoms with Gasteiger partial charge < -0.3 is 4.74 Å². The summed E-state index contributed by atoms with van der Waals surface area (Å²) in [6.07, 6.45) is 0. The summed E-state index contributed by atoms with van der Waals surface area (Å²) in [6, 6.07) is 4.80. The number of carbonyl (C=O) groups is 1. The van der Waals surface area contributed by atoms with Crippen molar-refractivity contribution < 1.29 is 14.4 Å². The summed E-state index contributed by atoms with van der Waals surface area (Å²) in [5, 5.41) is 0.515. The quantitative estimate of drug-likeness (QED) is 0.825. The molecule has 5 heteroatoms. The first kappa shape index (κ1) is 13.8. The Morgan fingerprint density at radius 2 is 2.18 bits per heavy atom. The number of benzene rings is 1. The molecule has 0 radical (unpaired) electrons. The molecule has 0 aromatic heterocycles. The first-order chi connectivity index (χ1) is 8.04. The minimum Gasteiger partial charge on any atom is -0.496 e. The fourth-order valence-corrected chi connectivity index (χ4v) is 1.34. The van der Waals surface area contributed by atoms with E-state index in [4.69, 9.17) is 21.2 Å². The van der Waals surface area contributed by atoms with Gasteiger partial charge in [0.15, 0.2) is 0 Å². The molecule has 0 fully saturated rings. The minimum atomic E-state index is -0.348. The second-order valence-electron chi connectivity index (χ2n) is 3.98. The van der Waals surface area contributed by atoms with Gasteiger partial charge in [-0.3, -0.25) is 9.63 Å². The van der Waals surface area contributed by atoms with Crippen molar-refractivity contribution in [1.29, 1.82) is 0 Å². The zero-order valence-electron chi connectivity index (χ0n) is 10.1. The largest absolute Gasteiger partial charge is 0.496 e. The predicted octanol–water partition coefficient (Wildman–Crippen LogP) is 2.67. The molecule has 0 aliphatic heterocycles. The minimum absolute atomic E-state index is 0.348. The van der Waals surface area contributed by atoms with Crippen LogP contribution in [0.5, 0.6) is 5.75 Å². The lowest BCUT2D eigenvalue weighted by molar-refractivity contribution is 0.0207. The van der Waals surface area contributed by atoms with Crippen LogP contribution in [0.25, 0.3) is 0 Å². The van der Waals surface area contributed by atoms with Crippen molar-refractivity contribution in [3.05, 3.63) is 28.8 Å². The second-order valence-corrected chi connectivity index (χ2v) is 4.42. The maximum Gasteiger partial charge on any atom is 0.278 e. The van der Waals surface area contributed by atoms with Crippen molar-refractivity contribution in [1.82, 2.24) is 5.48 Å². The molecular weight excluding hydrogens is 242 g/mol. The van der Waals surface area contributed by atoms with E-state index in [1.165, 1.54) is 7.11 Å². The van der Waals surface area contributed by atoms with Crippen LogP contribution in [0.15, 0.2) is 18.2 Å². The summed E-state index contributed by atoms with van der Waals surface area (Å²) < 4.78 is 5.07. The van der Waals surface area contributed by atoms with Crippen LogP contribution in [0.4, 0.5) is 0 Å². The van der Waals surface area contributed by atoms with E-state index in [9.17, 15) is 4.79 Å². The summed E-state index contributed by atoms with van der Waals surface area (Å²) in [5.41, 5.74) is 2.75. The summed E-state index contributed by atoms with van der Waals surface area (Å²) in [6.45, 7) is 4.45. The molecule has 1 N–H and O–H groups in total. The van der Waals surface area contributed by atoms with Crippen molar-refractivity contribution in [3.8, 4) is 5.75 Å². The van der Waals surface area contributed by atoms with Crippen molar-refractivity contribution in [2.45, 2.75) is 13.8 Å². The van der Waals surface area contributed by atoms with Crippen LogP contribution in [0.1, 0.15) is 24.2 Å². The third kappa shape index (κ3) is 4.24. The lowest BCUT2D eigenvalue weighted by Gasteiger charge is -2.10. The van der Waals surface area contributed by atoms with Gasteiger partial charge in [-0.25, -0.2) is 5.48 Å². The van der Waals surface area contributed by atoms with Crippen molar-refractivity contribution in [2.75, 3.05) is 13.7 Å². The number of hydrogen-bond donors (Lipinski definition) is 1. The molecule has 0 saturated heterocycles. The summed E-state index contributed by atoms with van der Waals surface area (Å²) in [5.74, 6) is 0.421. The number of hydroxylamine groups is 1. The zero-order chi connectivity index (χ0) is 12.8. The molecule has 4 nitrogen and oxygen atoms in total. The molecule has 1 rings (SSSR count). The molecule has 1 amide bonds. The van der Waals surface area contributed by atoms with E-state index in [0.29, 0.717) is 28.9 Å². The van der Waals surface area contributed by atoms with Gasteiger partial charge in [-0.2, -0.15) is 0 Å². The van der Waals surface area contributed by atoms with Crippen LogP contribution in [0.3, 0.4) is 0 Å². The van der Waals surface area contributed by atoms with Crippen LogP contribution >= 0.6 is 11.6 Å². The van der Waals surface area contributed by atoms with E-state index in [0.717, 1.165) is 0 Å². The highest BCUT2D eigenvalue weighted by Crippen LogP contribution is 2.22. The molecule has 0 unspecified atom stereocenters. The molecule has 1 aromatic rings. The van der Waals surface area contributed by atoms with Gasteiger partial charge in [-0.1, -0.05) is 25.4 Å². The lowest BCUT2D eigenvalue weighted by atomic mass is 10.2. The molecule has 1 aromatic carbocycles. The van der Waals surface area contributed by atoms with E-state index in [2.05, 4.69) is 5.48 Å². The number of carbonyl (C=O) groups excluding carboxylic acids is 1. The number of methoxy groups -OCH3 is 1. The number of rotatable bonds is 5. The molecule has 0 aliphatic rings. The Morgan fingerprint density at radius 1 is 1.47 bits per heavy atom. The smallest absolute Gasteiger partial charge is 0.278 e. The highest BCUT2D eigenvalue weighted by molar-refractivity contribution is 6.30. The number of halogens is 1. The Balaban J connectivity index is 2.68. The van der Waals surface area contributed by atoms with E-state index in [-0.39, 0.29) is 5.91 Å². The van der Waals surface area contributed by atoms with Crippen LogP contribution in [0.2, 0.25) is 5.02 Å². The van der Waals surface area contributed by atoms with E-state index in [1.807, 2.05) is 13.8 Å². The van der Waals surface area contributed by atoms with Gasteiger partial charge in [0.05, 0.1) is 19.3 Å². The summed E-state index contributed by atoms with van der Waals surface area (Å²) in [7, 11) is 1.48. The van der Waals surface area contributed by atoms with Gasteiger partial charge >= 0.3 is 0 Å². The zero-order valence-corrected chi connectivity index (χ0v) is 10.9. The Kier molecular flexibility index (Phi) is 5.25. The van der Waals surface area contributed by atoms with Gasteiger partial charge in [-0.15, -0.1) is 0 Å². The van der Waals surface area contributed by atoms with Crippen molar-refractivity contribution in [2.24, 2.45) is 5.92 Å². The SMILES string of the molecule is COc1cc(Cl)ccc1C(=O)NOCC(C)C. The fraction of sp³-hybridized carbons (Fsp3) is 0.417.